The third kappa shape index (κ3) is 3.57. The van der Waals surface area contributed by atoms with Gasteiger partial charge in [-0.1, -0.05) is 49.6 Å². The lowest BCUT2D eigenvalue weighted by Gasteiger charge is -2.24. The largest absolute Gasteiger partial charge is 0.368 e. The predicted molar refractivity (Wildman–Crippen MR) is 73.0 cm³/mol. The number of nitrogens with one attached hydrogen (secondary N) is 1. The normalized spacial score (nSPS) is 18.4. The number of nitrogens with two attached hydrogens (primary N) is 1. The molecule has 3 N–H and O–H groups in total. The van der Waals surface area contributed by atoms with E-state index in [1.54, 1.807) is 0 Å². The van der Waals surface area contributed by atoms with Gasteiger partial charge in [-0.3, -0.25) is 4.79 Å². The second-order valence-electron chi connectivity index (χ2n) is 5.16. The monoisotopic (exact) mass is 246 g/mol. The Hall–Kier alpha value is -1.35. The maximum atomic E-state index is 11.5. The van der Waals surface area contributed by atoms with Crippen molar-refractivity contribution in [3.05, 3.63) is 35.9 Å². The van der Waals surface area contributed by atoms with E-state index in [1.807, 2.05) is 30.3 Å². The van der Waals surface area contributed by atoms with Crippen molar-refractivity contribution in [1.29, 1.82) is 0 Å². The minimum atomic E-state index is -0.354. The Morgan fingerprint density at radius 1 is 1.22 bits per heavy atom. The smallest absolute Gasteiger partial charge is 0.239 e. The highest BCUT2D eigenvalue weighted by atomic mass is 16.1. The van der Waals surface area contributed by atoms with E-state index in [0.29, 0.717) is 5.92 Å². The van der Waals surface area contributed by atoms with Crippen LogP contribution in [0.15, 0.2) is 30.3 Å². The quantitative estimate of drug-likeness (QED) is 0.838. The molecule has 0 heterocycles. The molecule has 2 rings (SSSR count). The van der Waals surface area contributed by atoms with Gasteiger partial charge >= 0.3 is 0 Å². The van der Waals surface area contributed by atoms with Crippen molar-refractivity contribution in [3.8, 4) is 0 Å². The summed E-state index contributed by atoms with van der Waals surface area (Å²) in [5.74, 6) is 0.404. The summed E-state index contributed by atoms with van der Waals surface area (Å²) in [7, 11) is 0. The van der Waals surface area contributed by atoms with Gasteiger partial charge in [0.1, 0.15) is 6.04 Å². The Morgan fingerprint density at radius 2 is 1.89 bits per heavy atom. The first-order valence-electron chi connectivity index (χ1n) is 6.85. The molecule has 3 nitrogen and oxygen atoms in total. The molecule has 1 aliphatic rings. The number of hydrogen-bond acceptors (Lipinski definition) is 2. The van der Waals surface area contributed by atoms with Gasteiger partial charge in [0.2, 0.25) is 5.91 Å². The van der Waals surface area contributed by atoms with Gasteiger partial charge in [0.05, 0.1) is 0 Å². The molecule has 0 spiro atoms. The molecule has 1 aromatic carbocycles. The van der Waals surface area contributed by atoms with Crippen molar-refractivity contribution in [1.82, 2.24) is 5.32 Å². The van der Waals surface area contributed by atoms with Crippen molar-refractivity contribution < 1.29 is 4.79 Å². The van der Waals surface area contributed by atoms with Gasteiger partial charge in [-0.2, -0.15) is 0 Å². The molecule has 0 aromatic heterocycles. The maximum absolute atomic E-state index is 11.5. The number of hydrogen-bond donors (Lipinski definition) is 2. The van der Waals surface area contributed by atoms with Crippen LogP contribution in [0.5, 0.6) is 0 Å². The zero-order chi connectivity index (χ0) is 12.8. The summed E-state index contributed by atoms with van der Waals surface area (Å²) >= 11 is 0. The fourth-order valence-electron chi connectivity index (χ4n) is 2.70. The average Bonchev–Trinajstić information content (AvgIpc) is 2.41. The first-order valence-corrected chi connectivity index (χ1v) is 6.85. The van der Waals surface area contributed by atoms with Crippen LogP contribution in [-0.2, 0) is 4.79 Å². The van der Waals surface area contributed by atoms with Crippen molar-refractivity contribution in [2.75, 3.05) is 6.54 Å². The van der Waals surface area contributed by atoms with E-state index in [4.69, 9.17) is 5.73 Å². The Balaban J connectivity index is 1.92. The second kappa shape index (κ2) is 6.55. The Bertz CT molecular complexity index is 371. The molecule has 0 radical (unpaired) electrons. The van der Waals surface area contributed by atoms with Crippen LogP contribution >= 0.6 is 0 Å². The zero-order valence-electron chi connectivity index (χ0n) is 10.8. The predicted octanol–water partition coefficient (Wildman–Crippen LogP) is 2.38. The van der Waals surface area contributed by atoms with Crippen LogP contribution < -0.4 is 11.1 Å². The highest BCUT2D eigenvalue weighted by Crippen LogP contribution is 2.23. The molecule has 0 saturated heterocycles. The van der Waals surface area contributed by atoms with Gasteiger partial charge in [0.15, 0.2) is 0 Å². The minimum absolute atomic E-state index is 0.294. The van der Waals surface area contributed by atoms with Crippen molar-refractivity contribution >= 4 is 5.91 Å². The lowest BCUT2D eigenvalue weighted by Crippen LogP contribution is -2.36. The maximum Gasteiger partial charge on any atom is 0.239 e. The third-order valence-corrected chi connectivity index (χ3v) is 3.75. The van der Waals surface area contributed by atoms with E-state index in [0.717, 1.165) is 12.1 Å². The van der Waals surface area contributed by atoms with Crippen molar-refractivity contribution in [2.45, 2.75) is 38.1 Å². The van der Waals surface area contributed by atoms with E-state index in [9.17, 15) is 4.79 Å². The number of carbonyl (C=O) groups is 1. The van der Waals surface area contributed by atoms with E-state index in [-0.39, 0.29) is 11.9 Å². The fourth-order valence-corrected chi connectivity index (χ4v) is 2.70. The molecule has 18 heavy (non-hydrogen) atoms. The number of rotatable bonds is 5. The second-order valence-corrected chi connectivity index (χ2v) is 5.16. The SMILES string of the molecule is NC(=O)[C@H](NCC1CCCCC1)c1ccccc1. The third-order valence-electron chi connectivity index (χ3n) is 3.75. The van der Waals surface area contributed by atoms with Gasteiger partial charge in [-0.15, -0.1) is 0 Å². The molecule has 1 fully saturated rings. The van der Waals surface area contributed by atoms with Crippen LogP contribution in [0.2, 0.25) is 0 Å². The molecule has 1 atom stereocenters. The molecule has 0 aliphatic heterocycles. The van der Waals surface area contributed by atoms with Crippen LogP contribution in [0.1, 0.15) is 43.7 Å². The van der Waals surface area contributed by atoms with Crippen molar-refractivity contribution in [2.24, 2.45) is 11.7 Å². The molecule has 1 aliphatic carbocycles. The van der Waals surface area contributed by atoms with Crippen LogP contribution in [0.3, 0.4) is 0 Å². The lowest BCUT2D eigenvalue weighted by molar-refractivity contribution is -0.120. The summed E-state index contributed by atoms with van der Waals surface area (Å²) in [5, 5.41) is 3.33. The molecular formula is C15H22N2O. The van der Waals surface area contributed by atoms with Crippen LogP contribution in [0, 0.1) is 5.92 Å². The molecule has 1 saturated carbocycles. The minimum Gasteiger partial charge on any atom is -0.368 e. The Kier molecular flexibility index (Phi) is 4.76. The standard InChI is InChI=1S/C15H22N2O/c16-15(18)14(13-9-5-2-6-10-13)17-11-12-7-3-1-4-8-12/h2,5-6,9-10,12,14,17H,1,3-4,7-8,11H2,(H2,16,18)/t14-/m1/s1. The fraction of sp³-hybridized carbons (Fsp3) is 0.533. The highest BCUT2D eigenvalue weighted by molar-refractivity contribution is 5.81. The number of benzene rings is 1. The van der Waals surface area contributed by atoms with Crippen LogP contribution in [0.4, 0.5) is 0 Å². The first kappa shape index (κ1) is 13.1. The lowest BCUT2D eigenvalue weighted by atomic mass is 9.89. The Labute approximate surface area is 109 Å². The summed E-state index contributed by atoms with van der Waals surface area (Å²) in [6, 6.07) is 9.37. The average molecular weight is 246 g/mol. The van der Waals surface area contributed by atoms with Gasteiger partial charge in [-0.25, -0.2) is 0 Å². The summed E-state index contributed by atoms with van der Waals surface area (Å²) in [6.07, 6.45) is 6.53. The van der Waals surface area contributed by atoms with E-state index in [2.05, 4.69) is 5.32 Å². The number of carbonyl (C=O) groups excluding carboxylic acids is 1. The molecule has 1 aromatic rings. The van der Waals surface area contributed by atoms with Crippen molar-refractivity contribution in [3.63, 3.8) is 0 Å². The van der Waals surface area contributed by atoms with Crippen LogP contribution in [0.25, 0.3) is 0 Å². The van der Waals surface area contributed by atoms with E-state index < -0.39 is 0 Å². The summed E-state index contributed by atoms with van der Waals surface area (Å²) in [5.41, 5.74) is 6.44. The van der Waals surface area contributed by atoms with Gasteiger partial charge in [0.25, 0.3) is 0 Å². The molecule has 1 amide bonds. The zero-order valence-corrected chi connectivity index (χ0v) is 10.8. The highest BCUT2D eigenvalue weighted by Gasteiger charge is 2.20. The first-order chi connectivity index (χ1) is 8.77. The molecule has 0 unspecified atom stereocenters. The van der Waals surface area contributed by atoms with Crippen LogP contribution in [-0.4, -0.2) is 12.5 Å². The number of primary amides is 1. The van der Waals surface area contributed by atoms with Gasteiger partial charge in [0, 0.05) is 0 Å². The van der Waals surface area contributed by atoms with E-state index in [1.165, 1.54) is 32.1 Å². The Morgan fingerprint density at radius 3 is 2.50 bits per heavy atom. The molecule has 0 bridgehead atoms. The molecule has 3 heteroatoms. The molecular weight excluding hydrogens is 224 g/mol. The summed E-state index contributed by atoms with van der Waals surface area (Å²) < 4.78 is 0. The van der Waals surface area contributed by atoms with E-state index >= 15 is 0 Å². The number of amides is 1. The topological polar surface area (TPSA) is 55.1 Å². The van der Waals surface area contributed by atoms with Gasteiger partial charge < -0.3 is 11.1 Å². The summed E-state index contributed by atoms with van der Waals surface area (Å²) in [6.45, 7) is 0.891. The summed E-state index contributed by atoms with van der Waals surface area (Å²) in [4.78, 5) is 11.5. The molecule has 98 valence electrons. The van der Waals surface area contributed by atoms with Gasteiger partial charge in [-0.05, 0) is 30.9 Å².